The van der Waals surface area contributed by atoms with E-state index in [0.717, 1.165) is 40.1 Å². The number of hydrogen-bond donors (Lipinski definition) is 6. The molecule has 18 heteroatoms. The summed E-state index contributed by atoms with van der Waals surface area (Å²) >= 11 is 2.13. The number of thioether (sulfide) groups is 1. The van der Waals surface area contributed by atoms with Crippen LogP contribution in [-0.4, -0.2) is 91.0 Å². The maximum absolute atomic E-state index is 13.0. The monoisotopic (exact) mass is 592 g/mol. The molecule has 2 atom stereocenters. The van der Waals surface area contributed by atoms with E-state index in [1.54, 1.807) is 0 Å². The number of anilines is 1. The third-order valence-corrected chi connectivity index (χ3v) is 7.48. The number of carboxylic acids is 1. The molecule has 0 bridgehead atoms. The van der Waals surface area contributed by atoms with E-state index in [1.165, 1.54) is 11.4 Å². The first kappa shape index (κ1) is 28.2. The predicted molar refractivity (Wildman–Crippen MR) is 138 cm³/mol. The van der Waals surface area contributed by atoms with Crippen LogP contribution < -0.4 is 16.8 Å². The molecule has 40 heavy (non-hydrogen) atoms. The van der Waals surface area contributed by atoms with Gasteiger partial charge in [0.25, 0.3) is 17.7 Å². The Morgan fingerprint density at radius 3 is 2.60 bits per heavy atom. The van der Waals surface area contributed by atoms with E-state index in [2.05, 4.69) is 15.5 Å². The molecule has 3 amide bonds. The van der Waals surface area contributed by atoms with Crippen molar-refractivity contribution < 1.29 is 48.9 Å². The number of thiazole rings is 1. The fraction of sp³-hybridized carbons (Fsp3) is 0.227. The van der Waals surface area contributed by atoms with Crippen LogP contribution in [0.4, 0.5) is 5.13 Å². The largest absolute Gasteiger partial charge is 0.504 e. The van der Waals surface area contributed by atoms with E-state index in [9.17, 15) is 39.3 Å². The van der Waals surface area contributed by atoms with Crippen molar-refractivity contribution in [1.29, 1.82) is 0 Å². The molecule has 16 nitrogen and oxygen atoms in total. The Balaban J connectivity index is 1.47. The lowest BCUT2D eigenvalue weighted by molar-refractivity contribution is -0.150. The number of nitrogens with two attached hydrogens (primary N) is 2. The Labute approximate surface area is 232 Å². The van der Waals surface area contributed by atoms with Gasteiger partial charge < -0.3 is 41.7 Å². The van der Waals surface area contributed by atoms with E-state index in [1.807, 2.05) is 0 Å². The van der Waals surface area contributed by atoms with Gasteiger partial charge in [0.15, 0.2) is 28.9 Å². The molecular formula is C22H20N6O10S2. The number of aromatic nitrogens is 1. The summed E-state index contributed by atoms with van der Waals surface area (Å²) in [4.78, 5) is 71.0. The molecule has 0 radical (unpaired) electrons. The molecule has 0 saturated carbocycles. The molecule has 0 unspecified atom stereocenters. The molecule has 1 aromatic heterocycles. The van der Waals surface area contributed by atoms with Crippen LogP contribution in [0, 0.1) is 0 Å². The van der Waals surface area contributed by atoms with Gasteiger partial charge in [-0.3, -0.25) is 19.3 Å². The minimum Gasteiger partial charge on any atom is -0.504 e. The number of nitrogens with zero attached hydrogens (tertiary/aromatic N) is 3. The molecule has 1 fully saturated rings. The average Bonchev–Trinajstić information content (AvgIpc) is 3.34. The van der Waals surface area contributed by atoms with Gasteiger partial charge in [-0.2, -0.15) is 0 Å². The molecule has 1 saturated heterocycles. The van der Waals surface area contributed by atoms with Gasteiger partial charge in [0, 0.05) is 16.7 Å². The number of carbonyl (C=O) groups is 5. The number of fused-ring (bicyclic) bond motifs is 1. The number of rotatable bonds is 10. The van der Waals surface area contributed by atoms with Crippen molar-refractivity contribution in [1.82, 2.24) is 15.2 Å². The van der Waals surface area contributed by atoms with Gasteiger partial charge in [0.2, 0.25) is 0 Å². The number of nitrogen functional groups attached to an aromatic ring is 1. The Kier molecular flexibility index (Phi) is 8.10. The zero-order chi connectivity index (χ0) is 29.1. The van der Waals surface area contributed by atoms with Crippen LogP contribution in [0.25, 0.3) is 0 Å². The van der Waals surface area contributed by atoms with E-state index in [0.29, 0.717) is 0 Å². The number of hydrogen-bond acceptors (Lipinski definition) is 14. The van der Waals surface area contributed by atoms with Crippen molar-refractivity contribution >= 4 is 63.6 Å². The number of ether oxygens (including phenoxy) is 1. The van der Waals surface area contributed by atoms with E-state index in [-0.39, 0.29) is 33.4 Å². The number of benzene rings is 1. The summed E-state index contributed by atoms with van der Waals surface area (Å²) in [7, 11) is 0. The fourth-order valence-corrected chi connectivity index (χ4v) is 5.53. The molecule has 1 aromatic carbocycles. The normalized spacial score (nSPS) is 18.4. The van der Waals surface area contributed by atoms with Gasteiger partial charge in [0.05, 0.1) is 5.56 Å². The van der Waals surface area contributed by atoms with Crippen molar-refractivity contribution in [2.45, 2.75) is 11.4 Å². The molecule has 3 heterocycles. The molecule has 4 rings (SSSR count). The quantitative estimate of drug-likeness (QED) is 0.0633. The number of carbonyl (C=O) groups excluding carboxylic acids is 4. The number of primary amides is 1. The highest BCUT2D eigenvalue weighted by Gasteiger charge is 2.54. The number of carboxylic acid groups (broad SMARTS) is 1. The lowest BCUT2D eigenvalue weighted by Gasteiger charge is -2.49. The summed E-state index contributed by atoms with van der Waals surface area (Å²) in [6.45, 7) is -1.10. The standard InChI is InChI=1S/C22H20N6O10S2/c23-13(31)5-38-27-14(10-7-40-22(24)25-10)17(32)26-15-18(33)28-16(20(34)35)9(6-39-19(15)28)4-37-21(36)8-1-2-11(29)12(30)3-8/h1-3,7,15,19,29-30H,4-6H2,(H2,23,31)(H2,24,25)(H,26,32)(H,34,35)/b27-14-/t15-,19-/m1/s1. The first-order chi connectivity index (χ1) is 19.0. The summed E-state index contributed by atoms with van der Waals surface area (Å²) in [5.74, 6) is -5.77. The minimum absolute atomic E-state index is 0.0153. The van der Waals surface area contributed by atoms with Gasteiger partial charge >= 0.3 is 11.9 Å². The van der Waals surface area contributed by atoms with Crippen LogP contribution in [0.5, 0.6) is 11.5 Å². The summed E-state index contributed by atoms with van der Waals surface area (Å²) in [6.07, 6.45) is 0. The molecule has 2 aromatic rings. The second kappa shape index (κ2) is 11.5. The number of phenolic OH excluding ortho intramolecular Hbond substituents is 2. The number of aliphatic carboxylic acids is 1. The van der Waals surface area contributed by atoms with Crippen LogP contribution >= 0.6 is 23.1 Å². The second-order valence-electron chi connectivity index (χ2n) is 8.15. The molecule has 8 N–H and O–H groups in total. The highest BCUT2D eigenvalue weighted by Crippen LogP contribution is 2.40. The number of oxime groups is 1. The second-order valence-corrected chi connectivity index (χ2v) is 10.1. The summed E-state index contributed by atoms with van der Waals surface area (Å²) in [5, 5.41) is 35.5. The van der Waals surface area contributed by atoms with Crippen LogP contribution in [0.1, 0.15) is 16.1 Å². The van der Waals surface area contributed by atoms with Crippen LogP contribution in [0.2, 0.25) is 0 Å². The Morgan fingerprint density at radius 1 is 1.23 bits per heavy atom. The Bertz CT molecular complexity index is 1470. The van der Waals surface area contributed by atoms with E-state index in [4.69, 9.17) is 21.0 Å². The first-order valence-electron chi connectivity index (χ1n) is 11.1. The molecule has 210 valence electrons. The summed E-state index contributed by atoms with van der Waals surface area (Å²) in [6, 6.07) is 2.13. The fourth-order valence-electron chi connectivity index (χ4n) is 3.65. The minimum atomic E-state index is -1.45. The molecule has 2 aliphatic rings. The molecular weight excluding hydrogens is 572 g/mol. The topological polar surface area (TPSA) is 257 Å². The highest BCUT2D eigenvalue weighted by molar-refractivity contribution is 8.00. The van der Waals surface area contributed by atoms with Gasteiger partial charge in [-0.15, -0.1) is 23.1 Å². The summed E-state index contributed by atoms with van der Waals surface area (Å²) < 4.78 is 5.16. The van der Waals surface area contributed by atoms with E-state index >= 15 is 0 Å². The number of phenols is 2. The van der Waals surface area contributed by atoms with Crippen molar-refractivity contribution in [3.8, 4) is 11.5 Å². The van der Waals surface area contributed by atoms with Crippen LogP contribution in [-0.2, 0) is 28.8 Å². The maximum Gasteiger partial charge on any atom is 0.352 e. The lowest BCUT2D eigenvalue weighted by atomic mass is 10.0. The Morgan fingerprint density at radius 2 is 1.98 bits per heavy atom. The smallest absolute Gasteiger partial charge is 0.352 e. The van der Waals surface area contributed by atoms with Crippen LogP contribution in [0.15, 0.2) is 40.0 Å². The number of nitrogens with one attached hydrogen (secondary N) is 1. The van der Waals surface area contributed by atoms with Gasteiger partial charge in [-0.25, -0.2) is 14.6 Å². The lowest BCUT2D eigenvalue weighted by Crippen LogP contribution is -2.71. The highest BCUT2D eigenvalue weighted by atomic mass is 32.2. The third-order valence-electron chi connectivity index (χ3n) is 5.47. The number of β-lactam (4-membered cyclic amide) rings is 1. The number of esters is 1. The third kappa shape index (κ3) is 5.76. The number of amides is 3. The van der Waals surface area contributed by atoms with Crippen molar-refractivity contribution in [2.75, 3.05) is 24.7 Å². The maximum atomic E-state index is 13.0. The molecule has 0 spiro atoms. The van der Waals surface area contributed by atoms with Gasteiger partial charge in [0.1, 0.15) is 29.4 Å². The van der Waals surface area contributed by atoms with E-state index < -0.39 is 71.5 Å². The van der Waals surface area contributed by atoms with Crippen molar-refractivity contribution in [3.05, 3.63) is 46.1 Å². The van der Waals surface area contributed by atoms with Crippen molar-refractivity contribution in [2.24, 2.45) is 10.9 Å². The molecule has 0 aliphatic carbocycles. The van der Waals surface area contributed by atoms with Crippen LogP contribution in [0.3, 0.4) is 0 Å². The number of aromatic hydroxyl groups is 2. The predicted octanol–water partition coefficient (Wildman–Crippen LogP) is -1.06. The first-order valence-corrected chi connectivity index (χ1v) is 13.0. The van der Waals surface area contributed by atoms with Gasteiger partial charge in [-0.05, 0) is 18.2 Å². The molecule has 2 aliphatic heterocycles. The van der Waals surface area contributed by atoms with Gasteiger partial charge in [-0.1, -0.05) is 5.16 Å². The summed E-state index contributed by atoms with van der Waals surface area (Å²) in [5.41, 5.74) is 9.90. The zero-order valence-corrected chi connectivity index (χ0v) is 21.7. The SMILES string of the molecule is NC(=O)CO/N=C(\C(=O)N[C@@H]1C(=O)N2C(C(=O)O)=C(COC(=O)c3ccc(O)c(O)c3)CS[C@H]12)c1csc(N)n1. The Hall–Kier alpha value is -4.84. The van der Waals surface area contributed by atoms with Crippen molar-refractivity contribution in [3.63, 3.8) is 0 Å². The zero-order valence-electron chi connectivity index (χ0n) is 20.1. The average molecular weight is 593 g/mol.